The maximum absolute atomic E-state index is 12.6. The summed E-state index contributed by atoms with van der Waals surface area (Å²) in [7, 11) is 1.72. The minimum atomic E-state index is -0.00143. The number of carbonyl (C=O) groups is 1. The summed E-state index contributed by atoms with van der Waals surface area (Å²) in [5.41, 5.74) is 1.13. The lowest BCUT2D eigenvalue weighted by Gasteiger charge is -2.25. The van der Waals surface area contributed by atoms with Gasteiger partial charge in [0.15, 0.2) is 5.96 Å². The fourth-order valence-corrected chi connectivity index (χ4v) is 3.58. The summed E-state index contributed by atoms with van der Waals surface area (Å²) in [4.78, 5) is 20.0. The van der Waals surface area contributed by atoms with Crippen LogP contribution in [-0.4, -0.2) is 43.4 Å². The van der Waals surface area contributed by atoms with Crippen LogP contribution in [0.25, 0.3) is 0 Å². The second-order valence-electron chi connectivity index (χ2n) is 7.03. The standard InChI is InChI=1S/C21H30N4OS/c1-5-25(15-17-10-7-6-8-11-17)19(26)14-23-20(22-4)24-16-21(2,3)18-12-9-13-27-18/h6-13H,5,14-16H2,1-4H3,(H2,22,23,24). The summed E-state index contributed by atoms with van der Waals surface area (Å²) in [5.74, 6) is 0.700. The normalized spacial score (nSPS) is 11.9. The van der Waals surface area contributed by atoms with Crippen LogP contribution in [0.5, 0.6) is 0 Å². The molecule has 2 rings (SSSR count). The van der Waals surface area contributed by atoms with Gasteiger partial charge >= 0.3 is 0 Å². The Morgan fingerprint density at radius 3 is 2.48 bits per heavy atom. The van der Waals surface area contributed by atoms with Crippen molar-refractivity contribution in [3.8, 4) is 0 Å². The summed E-state index contributed by atoms with van der Waals surface area (Å²) >= 11 is 1.75. The fraction of sp³-hybridized carbons (Fsp3) is 0.429. The topological polar surface area (TPSA) is 56.7 Å². The molecule has 0 saturated heterocycles. The average Bonchev–Trinajstić information content (AvgIpc) is 3.22. The molecule has 2 aromatic rings. The van der Waals surface area contributed by atoms with Crippen molar-refractivity contribution < 1.29 is 4.79 Å². The zero-order valence-electron chi connectivity index (χ0n) is 16.7. The van der Waals surface area contributed by atoms with Crippen LogP contribution >= 0.6 is 11.3 Å². The van der Waals surface area contributed by atoms with Gasteiger partial charge in [0.05, 0.1) is 6.54 Å². The van der Waals surface area contributed by atoms with Crippen molar-refractivity contribution in [2.24, 2.45) is 4.99 Å². The molecule has 1 heterocycles. The number of hydrogen-bond donors (Lipinski definition) is 2. The Kier molecular flexibility index (Phi) is 7.85. The Bertz CT molecular complexity index is 726. The van der Waals surface area contributed by atoms with Crippen LogP contribution in [0.2, 0.25) is 0 Å². The third-order valence-electron chi connectivity index (χ3n) is 4.47. The van der Waals surface area contributed by atoms with Crippen molar-refractivity contribution in [3.05, 3.63) is 58.3 Å². The highest BCUT2D eigenvalue weighted by molar-refractivity contribution is 7.10. The zero-order chi connectivity index (χ0) is 19.7. The van der Waals surface area contributed by atoms with E-state index in [0.717, 1.165) is 12.1 Å². The molecule has 0 aliphatic carbocycles. The number of aliphatic imine (C=N–C) groups is 1. The predicted octanol–water partition coefficient (Wildman–Crippen LogP) is 3.24. The van der Waals surface area contributed by atoms with E-state index in [1.807, 2.05) is 42.2 Å². The molecule has 1 aromatic carbocycles. The first-order valence-electron chi connectivity index (χ1n) is 9.26. The quantitative estimate of drug-likeness (QED) is 0.541. The largest absolute Gasteiger partial charge is 0.356 e. The maximum Gasteiger partial charge on any atom is 0.242 e. The Balaban J connectivity index is 1.84. The van der Waals surface area contributed by atoms with Gasteiger partial charge in [0, 0.05) is 37.0 Å². The molecule has 27 heavy (non-hydrogen) atoms. The van der Waals surface area contributed by atoms with Crippen LogP contribution in [0, 0.1) is 0 Å². The number of guanidine groups is 1. The van der Waals surface area contributed by atoms with E-state index in [1.165, 1.54) is 4.88 Å². The highest BCUT2D eigenvalue weighted by atomic mass is 32.1. The van der Waals surface area contributed by atoms with E-state index >= 15 is 0 Å². The lowest BCUT2D eigenvalue weighted by Crippen LogP contribution is -2.47. The van der Waals surface area contributed by atoms with Gasteiger partial charge in [-0.2, -0.15) is 0 Å². The molecule has 6 heteroatoms. The summed E-state index contributed by atoms with van der Waals surface area (Å²) in [6.45, 7) is 8.65. The molecule has 0 spiro atoms. The lowest BCUT2D eigenvalue weighted by molar-refractivity contribution is -0.130. The first kappa shape index (κ1) is 21.0. The van der Waals surface area contributed by atoms with E-state index in [1.54, 1.807) is 18.4 Å². The van der Waals surface area contributed by atoms with E-state index in [2.05, 4.69) is 47.0 Å². The highest BCUT2D eigenvalue weighted by Gasteiger charge is 2.22. The van der Waals surface area contributed by atoms with Gasteiger partial charge in [-0.15, -0.1) is 11.3 Å². The Morgan fingerprint density at radius 2 is 1.89 bits per heavy atom. The minimum Gasteiger partial charge on any atom is -0.356 e. The number of thiophene rings is 1. The number of rotatable bonds is 8. The third kappa shape index (κ3) is 6.40. The average molecular weight is 387 g/mol. The molecule has 0 bridgehead atoms. The van der Waals surface area contributed by atoms with Gasteiger partial charge in [0.1, 0.15) is 0 Å². The summed E-state index contributed by atoms with van der Waals surface area (Å²) in [6, 6.07) is 14.3. The van der Waals surface area contributed by atoms with E-state index in [0.29, 0.717) is 19.0 Å². The number of likely N-dealkylation sites (N-methyl/N-ethyl adjacent to an activating group) is 1. The summed E-state index contributed by atoms with van der Waals surface area (Å²) in [6.07, 6.45) is 0. The van der Waals surface area contributed by atoms with Crippen molar-refractivity contribution in [1.82, 2.24) is 15.5 Å². The number of benzene rings is 1. The van der Waals surface area contributed by atoms with Gasteiger partial charge in [0.25, 0.3) is 0 Å². The number of nitrogens with one attached hydrogen (secondary N) is 2. The summed E-state index contributed by atoms with van der Waals surface area (Å²) in [5, 5.41) is 8.57. The van der Waals surface area contributed by atoms with Crippen LogP contribution < -0.4 is 10.6 Å². The SMILES string of the molecule is CCN(Cc1ccccc1)C(=O)CNC(=NC)NCC(C)(C)c1cccs1. The van der Waals surface area contributed by atoms with Crippen LogP contribution in [0.4, 0.5) is 0 Å². The zero-order valence-corrected chi connectivity index (χ0v) is 17.5. The second kappa shape index (κ2) is 10.1. The van der Waals surface area contributed by atoms with Gasteiger partial charge in [-0.25, -0.2) is 0 Å². The fourth-order valence-electron chi connectivity index (χ4n) is 2.73. The van der Waals surface area contributed by atoms with Crippen molar-refractivity contribution >= 4 is 23.2 Å². The molecule has 1 amide bonds. The first-order valence-corrected chi connectivity index (χ1v) is 10.1. The van der Waals surface area contributed by atoms with Crippen LogP contribution in [0.15, 0.2) is 52.8 Å². The first-order chi connectivity index (χ1) is 13.0. The molecule has 2 N–H and O–H groups in total. The van der Waals surface area contributed by atoms with Crippen molar-refractivity contribution in [1.29, 1.82) is 0 Å². The van der Waals surface area contributed by atoms with Crippen molar-refractivity contribution in [2.45, 2.75) is 32.7 Å². The molecule has 0 aliphatic heterocycles. The Hall–Kier alpha value is -2.34. The van der Waals surface area contributed by atoms with Gasteiger partial charge < -0.3 is 15.5 Å². The number of nitrogens with zero attached hydrogens (tertiary/aromatic N) is 2. The van der Waals surface area contributed by atoms with Gasteiger partial charge in [-0.05, 0) is 23.9 Å². The van der Waals surface area contributed by atoms with Gasteiger partial charge in [0.2, 0.25) is 5.91 Å². The van der Waals surface area contributed by atoms with E-state index < -0.39 is 0 Å². The van der Waals surface area contributed by atoms with Crippen molar-refractivity contribution in [2.75, 3.05) is 26.7 Å². The molecule has 0 atom stereocenters. The Labute approximate surface area is 166 Å². The molecular formula is C21H30N4OS. The van der Waals surface area contributed by atoms with E-state index in [9.17, 15) is 4.79 Å². The van der Waals surface area contributed by atoms with Crippen LogP contribution in [0.3, 0.4) is 0 Å². The number of carbonyl (C=O) groups excluding carboxylic acids is 1. The smallest absolute Gasteiger partial charge is 0.242 e. The van der Waals surface area contributed by atoms with Crippen LogP contribution in [-0.2, 0) is 16.8 Å². The lowest BCUT2D eigenvalue weighted by atomic mass is 9.91. The predicted molar refractivity (Wildman–Crippen MR) is 114 cm³/mol. The molecule has 0 radical (unpaired) electrons. The van der Waals surface area contributed by atoms with Gasteiger partial charge in [-0.1, -0.05) is 50.2 Å². The summed E-state index contributed by atoms with van der Waals surface area (Å²) < 4.78 is 0. The molecule has 0 aliphatic rings. The molecule has 146 valence electrons. The molecule has 5 nitrogen and oxygen atoms in total. The molecular weight excluding hydrogens is 356 g/mol. The highest BCUT2D eigenvalue weighted by Crippen LogP contribution is 2.26. The second-order valence-corrected chi connectivity index (χ2v) is 7.98. The number of hydrogen-bond acceptors (Lipinski definition) is 3. The van der Waals surface area contributed by atoms with Gasteiger partial charge in [-0.3, -0.25) is 9.79 Å². The molecule has 0 fully saturated rings. The minimum absolute atomic E-state index is 0.00143. The van der Waals surface area contributed by atoms with E-state index in [-0.39, 0.29) is 17.9 Å². The number of amides is 1. The third-order valence-corrected chi connectivity index (χ3v) is 5.70. The molecule has 0 saturated carbocycles. The van der Waals surface area contributed by atoms with Crippen LogP contribution in [0.1, 0.15) is 31.2 Å². The molecule has 1 aromatic heterocycles. The van der Waals surface area contributed by atoms with E-state index in [4.69, 9.17) is 0 Å². The van der Waals surface area contributed by atoms with Crippen molar-refractivity contribution in [3.63, 3.8) is 0 Å². The maximum atomic E-state index is 12.6. The monoisotopic (exact) mass is 386 g/mol. The molecule has 0 unspecified atom stereocenters. The Morgan fingerprint density at radius 1 is 1.15 bits per heavy atom.